The lowest BCUT2D eigenvalue weighted by Gasteiger charge is -2.36. The fraction of sp³-hybridized carbons (Fsp3) is 0.387. The maximum atomic E-state index is 12.0. The average molecular weight is 569 g/mol. The van der Waals surface area contributed by atoms with Gasteiger partial charge in [-0.3, -0.25) is 0 Å². The number of rotatable bonds is 9. The van der Waals surface area contributed by atoms with Crippen LogP contribution in [-0.2, 0) is 17.8 Å². The van der Waals surface area contributed by atoms with Crippen LogP contribution in [0.15, 0.2) is 66.7 Å². The quantitative estimate of drug-likeness (QED) is 0.252. The van der Waals surface area contributed by atoms with Crippen LogP contribution >= 0.6 is 11.6 Å². The molecule has 1 amide bonds. The Bertz CT molecular complexity index is 1260. The number of alkyl carbamates (subject to hydrolysis) is 1. The van der Waals surface area contributed by atoms with Gasteiger partial charge in [0.25, 0.3) is 0 Å². The Kier molecular flexibility index (Phi) is 9.62. The first-order valence-corrected chi connectivity index (χ1v) is 16.4. The topological polar surface area (TPSA) is 68.8 Å². The van der Waals surface area contributed by atoms with Crippen molar-refractivity contribution in [2.45, 2.75) is 78.4 Å². The highest BCUT2D eigenvalue weighted by atomic mass is 35.5. The molecule has 0 aliphatic rings. The summed E-state index contributed by atoms with van der Waals surface area (Å²) in [5, 5.41) is 6.95. The molecule has 3 aromatic rings. The van der Waals surface area contributed by atoms with E-state index in [1.54, 1.807) is 6.07 Å². The Morgan fingerprint density at radius 1 is 0.846 bits per heavy atom. The SMILES string of the molecule is CC(C)(C)OC(=O)NCc1cccc(Oc2cc(Cl)ccc2NCc2ccc(O[Si](C)(C)C(C)(C)C)cc2)c1. The van der Waals surface area contributed by atoms with Crippen LogP contribution < -0.4 is 19.8 Å². The molecule has 39 heavy (non-hydrogen) atoms. The molecular formula is C31H41ClN2O4Si. The molecule has 6 nitrogen and oxygen atoms in total. The molecule has 0 aromatic heterocycles. The van der Waals surface area contributed by atoms with Crippen molar-refractivity contribution < 1.29 is 18.7 Å². The molecule has 0 radical (unpaired) electrons. The van der Waals surface area contributed by atoms with Crippen LogP contribution in [0.2, 0.25) is 23.2 Å². The van der Waals surface area contributed by atoms with Gasteiger partial charge in [-0.05, 0) is 86.4 Å². The van der Waals surface area contributed by atoms with Crippen LogP contribution in [0.4, 0.5) is 10.5 Å². The molecule has 0 bridgehead atoms. The Labute approximate surface area is 239 Å². The van der Waals surface area contributed by atoms with Gasteiger partial charge >= 0.3 is 6.09 Å². The van der Waals surface area contributed by atoms with Crippen molar-refractivity contribution in [1.82, 2.24) is 5.32 Å². The number of amides is 1. The summed E-state index contributed by atoms with van der Waals surface area (Å²) in [6.45, 7) is 17.6. The molecule has 8 heteroatoms. The van der Waals surface area contributed by atoms with Crippen molar-refractivity contribution in [3.63, 3.8) is 0 Å². The highest BCUT2D eigenvalue weighted by Crippen LogP contribution is 2.37. The summed E-state index contributed by atoms with van der Waals surface area (Å²) >= 11 is 6.29. The third-order valence-corrected chi connectivity index (χ3v) is 11.1. The molecule has 0 heterocycles. The van der Waals surface area contributed by atoms with Gasteiger partial charge in [-0.1, -0.05) is 56.6 Å². The van der Waals surface area contributed by atoms with Crippen LogP contribution in [0, 0.1) is 0 Å². The molecule has 3 aromatic carbocycles. The molecule has 210 valence electrons. The zero-order valence-electron chi connectivity index (χ0n) is 24.3. The first kappa shape index (κ1) is 30.4. The first-order chi connectivity index (χ1) is 18.1. The van der Waals surface area contributed by atoms with E-state index in [0.717, 1.165) is 22.6 Å². The van der Waals surface area contributed by atoms with Crippen molar-refractivity contribution in [2.75, 3.05) is 5.32 Å². The first-order valence-electron chi connectivity index (χ1n) is 13.2. The third kappa shape index (κ3) is 9.51. The van der Waals surface area contributed by atoms with E-state index >= 15 is 0 Å². The zero-order chi connectivity index (χ0) is 28.8. The smallest absolute Gasteiger partial charge is 0.407 e. The number of hydrogen-bond acceptors (Lipinski definition) is 5. The second-order valence-electron chi connectivity index (χ2n) is 12.1. The van der Waals surface area contributed by atoms with Gasteiger partial charge in [0.2, 0.25) is 8.32 Å². The summed E-state index contributed by atoms with van der Waals surface area (Å²) in [6, 6.07) is 21.3. The highest BCUT2D eigenvalue weighted by molar-refractivity contribution is 6.74. The molecular weight excluding hydrogens is 528 g/mol. The lowest BCUT2D eigenvalue weighted by atomic mass is 10.2. The normalized spacial score (nSPS) is 12.0. The lowest BCUT2D eigenvalue weighted by molar-refractivity contribution is 0.0523. The van der Waals surface area contributed by atoms with Crippen molar-refractivity contribution >= 4 is 31.7 Å². The molecule has 0 saturated carbocycles. The number of anilines is 1. The van der Waals surface area contributed by atoms with Crippen LogP contribution in [0.5, 0.6) is 17.2 Å². The predicted molar refractivity (Wildman–Crippen MR) is 163 cm³/mol. The van der Waals surface area contributed by atoms with E-state index in [-0.39, 0.29) is 5.04 Å². The van der Waals surface area contributed by atoms with Gasteiger partial charge in [-0.2, -0.15) is 0 Å². The van der Waals surface area contributed by atoms with E-state index in [9.17, 15) is 4.79 Å². The lowest BCUT2D eigenvalue weighted by Crippen LogP contribution is -2.43. The minimum Gasteiger partial charge on any atom is -0.544 e. The predicted octanol–water partition coefficient (Wildman–Crippen LogP) is 9.15. The number of ether oxygens (including phenoxy) is 2. The second-order valence-corrected chi connectivity index (χ2v) is 17.3. The minimum absolute atomic E-state index is 0.145. The van der Waals surface area contributed by atoms with Gasteiger partial charge in [0, 0.05) is 24.2 Å². The fourth-order valence-corrected chi connectivity index (χ4v) is 4.57. The fourth-order valence-electron chi connectivity index (χ4n) is 3.38. The van der Waals surface area contributed by atoms with Crippen molar-refractivity contribution in [3.05, 3.63) is 82.9 Å². The Morgan fingerprint density at radius 2 is 1.54 bits per heavy atom. The summed E-state index contributed by atoms with van der Waals surface area (Å²) in [5.74, 6) is 2.15. The molecule has 0 saturated heterocycles. The molecule has 0 aliphatic heterocycles. The Balaban J connectivity index is 1.65. The van der Waals surface area contributed by atoms with E-state index in [1.165, 1.54) is 0 Å². The van der Waals surface area contributed by atoms with E-state index in [4.69, 9.17) is 25.5 Å². The summed E-state index contributed by atoms with van der Waals surface area (Å²) in [6.07, 6.45) is -0.463. The van der Waals surface area contributed by atoms with Crippen LogP contribution in [0.3, 0.4) is 0 Å². The number of hydrogen-bond donors (Lipinski definition) is 2. The summed E-state index contributed by atoms with van der Waals surface area (Å²) in [5.41, 5.74) is 2.27. The van der Waals surface area contributed by atoms with Crippen molar-refractivity contribution in [1.29, 1.82) is 0 Å². The van der Waals surface area contributed by atoms with Crippen LogP contribution in [-0.4, -0.2) is 20.0 Å². The molecule has 0 atom stereocenters. The standard InChI is InChI=1S/C31H41ClN2O4Si/c1-30(2,3)37-29(35)34-21-23-10-9-11-26(18-23)36-28-19-24(32)14-17-27(28)33-20-22-12-15-25(16-13-22)38-39(7,8)31(4,5)6/h9-19,33H,20-21H2,1-8H3,(H,34,35). The average Bonchev–Trinajstić information content (AvgIpc) is 2.81. The van der Waals surface area contributed by atoms with Crippen LogP contribution in [0.1, 0.15) is 52.7 Å². The van der Waals surface area contributed by atoms with Gasteiger partial charge in [0.15, 0.2) is 5.75 Å². The number of benzene rings is 3. The second kappa shape index (κ2) is 12.3. The van der Waals surface area contributed by atoms with Crippen LogP contribution in [0.25, 0.3) is 0 Å². The zero-order valence-corrected chi connectivity index (χ0v) is 26.0. The van der Waals surface area contributed by atoms with E-state index in [0.29, 0.717) is 29.6 Å². The highest BCUT2D eigenvalue weighted by Gasteiger charge is 2.38. The molecule has 0 fully saturated rings. The van der Waals surface area contributed by atoms with Crippen molar-refractivity contribution in [3.8, 4) is 17.2 Å². The van der Waals surface area contributed by atoms with E-state index in [1.807, 2.05) is 69.3 Å². The summed E-state index contributed by atoms with van der Waals surface area (Å²) in [7, 11) is -1.88. The van der Waals surface area contributed by atoms with E-state index in [2.05, 4.69) is 56.6 Å². The van der Waals surface area contributed by atoms with Gasteiger partial charge < -0.3 is 24.5 Å². The third-order valence-electron chi connectivity index (χ3n) is 6.49. The monoisotopic (exact) mass is 568 g/mol. The number of nitrogens with one attached hydrogen (secondary N) is 2. The largest absolute Gasteiger partial charge is 0.544 e. The molecule has 0 spiro atoms. The summed E-state index contributed by atoms with van der Waals surface area (Å²) < 4.78 is 17.9. The van der Waals surface area contributed by atoms with Gasteiger partial charge in [0.05, 0.1) is 5.69 Å². The van der Waals surface area contributed by atoms with Gasteiger partial charge in [-0.25, -0.2) is 4.79 Å². The number of carbonyl (C=O) groups is 1. The van der Waals surface area contributed by atoms with Crippen molar-refractivity contribution in [2.24, 2.45) is 0 Å². The Hall–Kier alpha value is -3.16. The molecule has 0 aliphatic carbocycles. The maximum Gasteiger partial charge on any atom is 0.407 e. The number of halogens is 1. The van der Waals surface area contributed by atoms with Gasteiger partial charge in [0.1, 0.15) is 17.1 Å². The van der Waals surface area contributed by atoms with E-state index < -0.39 is 20.0 Å². The number of carbonyl (C=O) groups excluding carboxylic acids is 1. The minimum atomic E-state index is -1.88. The molecule has 3 rings (SSSR count). The van der Waals surface area contributed by atoms with Gasteiger partial charge in [-0.15, -0.1) is 0 Å². The molecule has 2 N–H and O–H groups in total. The Morgan fingerprint density at radius 3 is 2.18 bits per heavy atom. The molecule has 0 unspecified atom stereocenters. The summed E-state index contributed by atoms with van der Waals surface area (Å²) in [4.78, 5) is 12.0. The maximum absolute atomic E-state index is 12.0.